The normalized spacial score (nSPS) is 12.5. The molecule has 0 saturated heterocycles. The summed E-state index contributed by atoms with van der Waals surface area (Å²) in [5.41, 5.74) is 0. The Bertz CT molecular complexity index is 292. The first-order valence-corrected chi connectivity index (χ1v) is 4.40. The molecule has 0 rings (SSSR count). The monoisotopic (exact) mass is 216 g/mol. The second-order valence-electron chi connectivity index (χ2n) is 1.92. The van der Waals surface area contributed by atoms with Crippen LogP contribution in [0.25, 0.3) is 0 Å². The van der Waals surface area contributed by atoms with Gasteiger partial charge in [-0.25, -0.2) is 8.42 Å². The fraction of sp³-hybridized carbons (Fsp3) is 0.333. The molecular weight excluding hydrogens is 207 g/mol. The molecular formula is C6H9NaO5S. The van der Waals surface area contributed by atoms with Crippen molar-refractivity contribution in [2.45, 2.75) is 6.92 Å². The molecule has 0 saturated carbocycles. The van der Waals surface area contributed by atoms with E-state index in [0.29, 0.717) is 0 Å². The Morgan fingerprint density at radius 3 is 2.46 bits per heavy atom. The van der Waals surface area contributed by atoms with Gasteiger partial charge >= 0.3 is 29.6 Å². The standard InChI is InChI=1S/C6H10O5S.Na/c1-3-4-11-5(2)6(7)12(8,9)10;/h3,7H,1,4H2,2H3,(H,8,9,10);/q;+1/p-1. The zero-order valence-electron chi connectivity index (χ0n) is 7.48. The minimum absolute atomic E-state index is 0. The number of hydrogen-bond acceptors (Lipinski definition) is 5. The van der Waals surface area contributed by atoms with E-state index in [2.05, 4.69) is 11.3 Å². The van der Waals surface area contributed by atoms with E-state index in [1.807, 2.05) is 0 Å². The number of rotatable bonds is 4. The quantitative estimate of drug-likeness (QED) is 0.243. The summed E-state index contributed by atoms with van der Waals surface area (Å²) in [5, 5.41) is 7.41. The zero-order chi connectivity index (χ0) is 9.78. The summed E-state index contributed by atoms with van der Waals surface area (Å²) >= 11 is 0. The summed E-state index contributed by atoms with van der Waals surface area (Å²) in [6.07, 6.45) is 1.36. The van der Waals surface area contributed by atoms with Crippen molar-refractivity contribution in [1.29, 1.82) is 0 Å². The van der Waals surface area contributed by atoms with Gasteiger partial charge < -0.3 is 14.4 Å². The van der Waals surface area contributed by atoms with E-state index in [4.69, 9.17) is 5.11 Å². The summed E-state index contributed by atoms with van der Waals surface area (Å²) in [6, 6.07) is 0. The summed E-state index contributed by atoms with van der Waals surface area (Å²) in [5.74, 6) is -0.329. The molecule has 0 aliphatic heterocycles. The van der Waals surface area contributed by atoms with E-state index in [0.717, 1.165) is 0 Å². The van der Waals surface area contributed by atoms with Crippen molar-refractivity contribution in [2.75, 3.05) is 6.61 Å². The Kier molecular flexibility index (Phi) is 7.67. The Morgan fingerprint density at radius 1 is 1.69 bits per heavy atom. The smallest absolute Gasteiger partial charge is 0.742 e. The molecule has 0 fully saturated rings. The molecule has 0 aliphatic carbocycles. The molecule has 0 aromatic heterocycles. The topological polar surface area (TPSA) is 86.7 Å². The van der Waals surface area contributed by atoms with Gasteiger partial charge in [0, 0.05) is 0 Å². The largest absolute Gasteiger partial charge is 1.00 e. The molecule has 0 bridgehead atoms. The van der Waals surface area contributed by atoms with Crippen LogP contribution in [0, 0.1) is 0 Å². The van der Waals surface area contributed by atoms with Crippen LogP contribution in [0.15, 0.2) is 23.5 Å². The Balaban J connectivity index is 0. The number of allylic oxidation sites excluding steroid dienone is 1. The van der Waals surface area contributed by atoms with E-state index in [-0.39, 0.29) is 41.9 Å². The third kappa shape index (κ3) is 6.11. The van der Waals surface area contributed by atoms with Crippen molar-refractivity contribution in [3.63, 3.8) is 0 Å². The fourth-order valence-corrected chi connectivity index (χ4v) is 0.833. The second kappa shape index (κ2) is 6.44. The first-order valence-electron chi connectivity index (χ1n) is 2.99. The van der Waals surface area contributed by atoms with E-state index >= 15 is 0 Å². The van der Waals surface area contributed by atoms with Crippen LogP contribution in [0.2, 0.25) is 0 Å². The molecule has 0 heterocycles. The van der Waals surface area contributed by atoms with Crippen LogP contribution in [-0.2, 0) is 14.9 Å². The summed E-state index contributed by atoms with van der Waals surface area (Å²) in [4.78, 5) is 0. The SMILES string of the molecule is C=CCOC(C)=C(O)S(=O)(=O)[O-].[Na+]. The van der Waals surface area contributed by atoms with E-state index in [1.165, 1.54) is 13.0 Å². The van der Waals surface area contributed by atoms with Gasteiger partial charge in [0.2, 0.25) is 5.09 Å². The van der Waals surface area contributed by atoms with Gasteiger partial charge in [-0.2, -0.15) is 0 Å². The van der Waals surface area contributed by atoms with Gasteiger partial charge in [0.05, 0.1) is 0 Å². The van der Waals surface area contributed by atoms with Gasteiger partial charge in [0.25, 0.3) is 0 Å². The molecule has 13 heavy (non-hydrogen) atoms. The van der Waals surface area contributed by atoms with Crippen molar-refractivity contribution in [3.8, 4) is 0 Å². The first-order chi connectivity index (χ1) is 5.39. The Hall–Kier alpha value is -0.0100. The van der Waals surface area contributed by atoms with E-state index in [9.17, 15) is 13.0 Å². The molecule has 5 nitrogen and oxygen atoms in total. The van der Waals surface area contributed by atoms with Crippen molar-refractivity contribution >= 4 is 10.1 Å². The number of hydrogen-bond donors (Lipinski definition) is 1. The molecule has 0 aromatic rings. The molecule has 0 spiro atoms. The van der Waals surface area contributed by atoms with Gasteiger partial charge in [-0.05, 0) is 6.92 Å². The predicted octanol–water partition coefficient (Wildman–Crippen LogP) is -2.51. The van der Waals surface area contributed by atoms with E-state index in [1.54, 1.807) is 0 Å². The van der Waals surface area contributed by atoms with Crippen LogP contribution < -0.4 is 29.6 Å². The molecule has 0 atom stereocenters. The van der Waals surface area contributed by atoms with Crippen molar-refractivity contribution in [2.24, 2.45) is 0 Å². The minimum atomic E-state index is -4.81. The molecule has 0 amide bonds. The molecule has 0 radical (unpaired) electrons. The Labute approximate surface area is 99.1 Å². The summed E-state index contributed by atoms with van der Waals surface area (Å²) in [6.45, 7) is 4.51. The maximum atomic E-state index is 10.2. The van der Waals surface area contributed by atoms with Crippen LogP contribution in [0.5, 0.6) is 0 Å². The van der Waals surface area contributed by atoms with Crippen molar-refractivity contribution in [1.82, 2.24) is 0 Å². The van der Waals surface area contributed by atoms with Crippen molar-refractivity contribution < 1.29 is 52.4 Å². The number of aliphatic hydroxyl groups excluding tert-OH is 1. The molecule has 0 aromatic carbocycles. The van der Waals surface area contributed by atoms with Crippen LogP contribution in [-0.4, -0.2) is 24.7 Å². The van der Waals surface area contributed by atoms with Gasteiger partial charge in [0.15, 0.2) is 10.1 Å². The second-order valence-corrected chi connectivity index (χ2v) is 3.21. The number of aliphatic hydroxyl groups is 1. The average molecular weight is 216 g/mol. The predicted molar refractivity (Wildman–Crippen MR) is 41.2 cm³/mol. The maximum absolute atomic E-state index is 10.2. The van der Waals surface area contributed by atoms with Crippen LogP contribution in [0.1, 0.15) is 6.92 Å². The van der Waals surface area contributed by atoms with Gasteiger partial charge in [-0.15, -0.1) is 0 Å². The average Bonchev–Trinajstić information content (AvgIpc) is 1.97. The van der Waals surface area contributed by atoms with Crippen LogP contribution in [0.4, 0.5) is 0 Å². The summed E-state index contributed by atoms with van der Waals surface area (Å²) in [7, 11) is -4.81. The maximum Gasteiger partial charge on any atom is 1.00 e. The van der Waals surface area contributed by atoms with Crippen LogP contribution in [0.3, 0.4) is 0 Å². The van der Waals surface area contributed by atoms with Crippen molar-refractivity contribution in [3.05, 3.63) is 23.5 Å². The third-order valence-electron chi connectivity index (χ3n) is 0.956. The summed E-state index contributed by atoms with van der Waals surface area (Å²) < 4.78 is 35.1. The van der Waals surface area contributed by atoms with Gasteiger partial charge in [-0.1, -0.05) is 12.7 Å². The molecule has 0 unspecified atom stereocenters. The van der Waals surface area contributed by atoms with Gasteiger partial charge in [-0.3, -0.25) is 0 Å². The first kappa shape index (κ1) is 15.5. The molecule has 1 N–H and O–H groups in total. The number of ether oxygens (including phenoxy) is 1. The Morgan fingerprint density at radius 2 is 2.15 bits per heavy atom. The fourth-order valence-electron chi connectivity index (χ4n) is 0.422. The zero-order valence-corrected chi connectivity index (χ0v) is 10.3. The van der Waals surface area contributed by atoms with Gasteiger partial charge in [0.1, 0.15) is 12.4 Å². The molecule has 0 aliphatic rings. The minimum Gasteiger partial charge on any atom is -0.742 e. The molecule has 70 valence electrons. The van der Waals surface area contributed by atoms with Crippen LogP contribution >= 0.6 is 0 Å². The van der Waals surface area contributed by atoms with E-state index < -0.39 is 15.2 Å². The third-order valence-corrected chi connectivity index (χ3v) is 1.72. The molecule has 7 heteroatoms.